The molecule has 1 fully saturated rings. The number of nitrogens with two attached hydrogens (primary N) is 1. The summed E-state index contributed by atoms with van der Waals surface area (Å²) in [5, 5.41) is 2.77. The summed E-state index contributed by atoms with van der Waals surface area (Å²) in [4.78, 5) is 16.1. The Bertz CT molecular complexity index is 620. The van der Waals surface area contributed by atoms with Crippen molar-refractivity contribution in [1.29, 1.82) is 0 Å². The summed E-state index contributed by atoms with van der Waals surface area (Å²) in [6, 6.07) is 2.95. The van der Waals surface area contributed by atoms with Gasteiger partial charge in [0, 0.05) is 12.7 Å². The fourth-order valence-electron chi connectivity index (χ4n) is 2.97. The van der Waals surface area contributed by atoms with Crippen molar-refractivity contribution in [1.82, 2.24) is 4.98 Å². The molecule has 0 unspecified atom stereocenters. The van der Waals surface area contributed by atoms with Crippen molar-refractivity contribution in [2.45, 2.75) is 43.6 Å². The minimum Gasteiger partial charge on any atom is -0.330 e. The maximum absolute atomic E-state index is 12.2. The van der Waals surface area contributed by atoms with E-state index in [1.165, 1.54) is 18.7 Å². The van der Waals surface area contributed by atoms with E-state index in [9.17, 15) is 13.2 Å². The Morgan fingerprint density at radius 1 is 1.32 bits per heavy atom. The monoisotopic (exact) mass is 325 g/mol. The molecule has 1 amide bonds. The fraction of sp³-hybridized carbons (Fsp3) is 0.600. The highest BCUT2D eigenvalue weighted by molar-refractivity contribution is 7.90. The number of carbonyl (C=O) groups is 1. The van der Waals surface area contributed by atoms with Crippen LogP contribution in [0.15, 0.2) is 23.4 Å². The average Bonchev–Trinajstić information content (AvgIpc) is 2.47. The molecule has 1 aliphatic rings. The second kappa shape index (κ2) is 6.75. The van der Waals surface area contributed by atoms with E-state index in [1.807, 2.05) is 0 Å². The van der Waals surface area contributed by atoms with Gasteiger partial charge in [0.05, 0.1) is 11.9 Å². The number of anilines is 1. The lowest BCUT2D eigenvalue weighted by atomic mass is 9.71. The van der Waals surface area contributed by atoms with Gasteiger partial charge in [-0.15, -0.1) is 0 Å². The molecule has 122 valence electrons. The minimum atomic E-state index is -3.32. The third-order valence-corrected chi connectivity index (χ3v) is 5.28. The summed E-state index contributed by atoms with van der Waals surface area (Å²) in [5.41, 5.74) is 6.29. The molecule has 0 radical (unpaired) electrons. The van der Waals surface area contributed by atoms with Crippen LogP contribution in [-0.4, -0.2) is 32.1 Å². The number of pyridine rings is 1. The van der Waals surface area contributed by atoms with E-state index in [1.54, 1.807) is 6.07 Å². The van der Waals surface area contributed by atoms with Gasteiger partial charge in [0.1, 0.15) is 0 Å². The van der Waals surface area contributed by atoms with Crippen molar-refractivity contribution < 1.29 is 13.2 Å². The van der Waals surface area contributed by atoms with Crippen LogP contribution in [0.4, 0.5) is 5.69 Å². The molecule has 3 N–H and O–H groups in total. The van der Waals surface area contributed by atoms with Gasteiger partial charge in [-0.2, -0.15) is 0 Å². The van der Waals surface area contributed by atoms with Crippen LogP contribution in [0, 0.1) is 5.41 Å². The van der Waals surface area contributed by atoms with Crippen molar-refractivity contribution in [3.05, 3.63) is 18.3 Å². The highest BCUT2D eigenvalue weighted by atomic mass is 32.2. The molecule has 0 aromatic carbocycles. The Morgan fingerprint density at radius 2 is 2.00 bits per heavy atom. The number of rotatable bonds is 5. The number of sulfone groups is 1. The first-order valence-electron chi connectivity index (χ1n) is 7.51. The molecule has 2 rings (SSSR count). The van der Waals surface area contributed by atoms with Crippen molar-refractivity contribution in [2.75, 3.05) is 18.1 Å². The largest absolute Gasteiger partial charge is 0.330 e. The molecule has 0 bridgehead atoms. The number of aromatic nitrogens is 1. The molecule has 0 atom stereocenters. The number of hydrogen-bond donors (Lipinski definition) is 2. The lowest BCUT2D eigenvalue weighted by molar-refractivity contribution is -0.118. The first-order chi connectivity index (χ1) is 10.3. The van der Waals surface area contributed by atoms with Gasteiger partial charge < -0.3 is 11.1 Å². The van der Waals surface area contributed by atoms with E-state index in [0.29, 0.717) is 18.7 Å². The Kier molecular flexibility index (Phi) is 5.18. The van der Waals surface area contributed by atoms with Gasteiger partial charge in [0.25, 0.3) is 0 Å². The van der Waals surface area contributed by atoms with Gasteiger partial charge in [-0.1, -0.05) is 19.3 Å². The molecule has 1 aromatic rings. The molecule has 0 spiro atoms. The van der Waals surface area contributed by atoms with Crippen LogP contribution >= 0.6 is 0 Å². The van der Waals surface area contributed by atoms with Gasteiger partial charge in [0.2, 0.25) is 5.91 Å². The van der Waals surface area contributed by atoms with Crippen LogP contribution in [-0.2, 0) is 14.6 Å². The number of carbonyl (C=O) groups excluding carboxylic acids is 1. The second-order valence-corrected chi connectivity index (χ2v) is 8.11. The maximum Gasteiger partial charge on any atom is 0.225 e. The molecular weight excluding hydrogens is 302 g/mol. The maximum atomic E-state index is 12.2. The average molecular weight is 325 g/mol. The summed E-state index contributed by atoms with van der Waals surface area (Å²) >= 11 is 0. The van der Waals surface area contributed by atoms with Crippen LogP contribution in [0.2, 0.25) is 0 Å². The lowest BCUT2D eigenvalue weighted by Gasteiger charge is -2.35. The zero-order chi connectivity index (χ0) is 16.2. The number of hydrogen-bond acceptors (Lipinski definition) is 5. The molecular formula is C15H23N3O3S. The van der Waals surface area contributed by atoms with Crippen LogP contribution in [0.1, 0.15) is 38.5 Å². The van der Waals surface area contributed by atoms with Crippen LogP contribution < -0.4 is 11.1 Å². The van der Waals surface area contributed by atoms with Crippen LogP contribution in [0.5, 0.6) is 0 Å². The van der Waals surface area contributed by atoms with E-state index >= 15 is 0 Å². The molecule has 1 saturated carbocycles. The van der Waals surface area contributed by atoms with Crippen LogP contribution in [0.25, 0.3) is 0 Å². The van der Waals surface area contributed by atoms with E-state index in [-0.39, 0.29) is 16.3 Å². The predicted molar refractivity (Wildman–Crippen MR) is 85.2 cm³/mol. The van der Waals surface area contributed by atoms with Crippen molar-refractivity contribution in [2.24, 2.45) is 11.1 Å². The molecule has 22 heavy (non-hydrogen) atoms. The highest BCUT2D eigenvalue weighted by Crippen LogP contribution is 2.38. The van der Waals surface area contributed by atoms with E-state index in [0.717, 1.165) is 31.9 Å². The van der Waals surface area contributed by atoms with E-state index < -0.39 is 9.84 Å². The highest BCUT2D eigenvalue weighted by Gasteiger charge is 2.32. The van der Waals surface area contributed by atoms with Gasteiger partial charge in [-0.3, -0.25) is 4.79 Å². The summed E-state index contributed by atoms with van der Waals surface area (Å²) in [5.74, 6) is -0.0961. The molecule has 6 nitrogen and oxygen atoms in total. The quantitative estimate of drug-likeness (QED) is 0.858. The third kappa shape index (κ3) is 4.27. The van der Waals surface area contributed by atoms with Crippen molar-refractivity contribution in [3.63, 3.8) is 0 Å². The minimum absolute atomic E-state index is 0.00351. The molecule has 1 aliphatic carbocycles. The summed E-state index contributed by atoms with van der Waals surface area (Å²) in [6.07, 6.45) is 8.29. The van der Waals surface area contributed by atoms with Gasteiger partial charge in [0.15, 0.2) is 14.9 Å². The second-order valence-electron chi connectivity index (χ2n) is 6.15. The standard InChI is InChI=1S/C15H23N3O3S/c1-22(20,21)14-6-5-12(10-17-14)18-13(19)9-15(11-16)7-3-2-4-8-15/h5-6,10H,2-4,7-9,11,16H2,1H3,(H,18,19). The Balaban J connectivity index is 1.99. The molecule has 7 heteroatoms. The number of nitrogens with one attached hydrogen (secondary N) is 1. The fourth-order valence-corrected chi connectivity index (χ4v) is 3.53. The van der Waals surface area contributed by atoms with Gasteiger partial charge in [-0.05, 0) is 36.9 Å². The molecule has 1 heterocycles. The molecule has 0 aliphatic heterocycles. The summed E-state index contributed by atoms with van der Waals surface area (Å²) in [7, 11) is -3.32. The zero-order valence-corrected chi connectivity index (χ0v) is 13.7. The van der Waals surface area contributed by atoms with Gasteiger partial charge in [-0.25, -0.2) is 13.4 Å². The smallest absolute Gasteiger partial charge is 0.225 e. The van der Waals surface area contributed by atoms with E-state index in [4.69, 9.17) is 5.73 Å². The number of nitrogens with zero attached hydrogens (tertiary/aromatic N) is 1. The van der Waals surface area contributed by atoms with E-state index in [2.05, 4.69) is 10.3 Å². The van der Waals surface area contributed by atoms with Crippen molar-refractivity contribution >= 4 is 21.4 Å². The molecule has 0 saturated heterocycles. The summed E-state index contributed by atoms with van der Waals surface area (Å²) in [6.45, 7) is 0.520. The number of amides is 1. The van der Waals surface area contributed by atoms with Crippen LogP contribution in [0.3, 0.4) is 0 Å². The molecule has 1 aromatic heterocycles. The van der Waals surface area contributed by atoms with Gasteiger partial charge >= 0.3 is 0 Å². The topological polar surface area (TPSA) is 102 Å². The SMILES string of the molecule is CS(=O)(=O)c1ccc(NC(=O)CC2(CN)CCCCC2)cn1. The first-order valence-corrected chi connectivity index (χ1v) is 9.40. The normalized spacial score (nSPS) is 17.9. The zero-order valence-electron chi connectivity index (χ0n) is 12.8. The predicted octanol–water partition coefficient (Wildman–Crippen LogP) is 1.72. The third-order valence-electron chi connectivity index (χ3n) is 4.28. The van der Waals surface area contributed by atoms with Crippen molar-refractivity contribution in [3.8, 4) is 0 Å². The first kappa shape index (κ1) is 16.9. The lowest BCUT2D eigenvalue weighted by Crippen LogP contribution is -2.36. The Morgan fingerprint density at radius 3 is 2.50 bits per heavy atom. The summed E-state index contributed by atoms with van der Waals surface area (Å²) < 4.78 is 22.7. The Labute approximate surface area is 131 Å². The Hall–Kier alpha value is -1.47.